The number of halogens is 5. The second-order valence-electron chi connectivity index (χ2n) is 1.57. The number of alkyl halides is 3. The number of hydrogen-bond donors (Lipinski definition) is 0. The van der Waals surface area contributed by atoms with Crippen molar-refractivity contribution in [2.45, 2.75) is 19.5 Å². The predicted molar refractivity (Wildman–Crippen MR) is 25.6 cm³/mol. The summed E-state index contributed by atoms with van der Waals surface area (Å²) >= 11 is 0. The zero-order valence-corrected chi connectivity index (χ0v) is 5.10. The van der Waals surface area contributed by atoms with Gasteiger partial charge in [0, 0.05) is 0 Å². The molecular weight excluding hydrogens is 155 g/mol. The minimum Gasteiger partial charge on any atom is -0.209 e. The van der Waals surface area contributed by atoms with E-state index in [1.165, 1.54) is 0 Å². The van der Waals surface area contributed by atoms with Crippen molar-refractivity contribution < 1.29 is 22.0 Å². The number of hydrogen-bond acceptors (Lipinski definition) is 0. The molecule has 0 unspecified atom stereocenters. The summed E-state index contributed by atoms with van der Waals surface area (Å²) in [5.41, 5.74) is 0. The molecule has 0 aromatic carbocycles. The first-order valence-corrected chi connectivity index (χ1v) is 2.51. The Bertz CT molecular complexity index is 143. The van der Waals surface area contributed by atoms with Gasteiger partial charge in [-0.25, -0.2) is 4.39 Å². The van der Waals surface area contributed by atoms with Crippen LogP contribution in [0.25, 0.3) is 0 Å². The van der Waals surface area contributed by atoms with E-state index < -0.39 is 24.3 Å². The van der Waals surface area contributed by atoms with Crippen molar-refractivity contribution in [3.8, 4) is 0 Å². The van der Waals surface area contributed by atoms with Crippen LogP contribution in [-0.4, -0.2) is 6.18 Å². The first kappa shape index (κ1) is 9.39. The third-order valence-electron chi connectivity index (χ3n) is 0.797. The lowest BCUT2D eigenvalue weighted by molar-refractivity contribution is -0.111. The molecule has 0 heterocycles. The van der Waals surface area contributed by atoms with E-state index >= 15 is 0 Å². The fourth-order valence-electron chi connectivity index (χ4n) is 0.309. The normalized spacial score (nSPS) is 15.0. The van der Waals surface area contributed by atoms with Gasteiger partial charge in [0.15, 0.2) is 0 Å². The van der Waals surface area contributed by atoms with Crippen LogP contribution < -0.4 is 0 Å². The van der Waals surface area contributed by atoms with Crippen LogP contribution in [0.4, 0.5) is 22.0 Å². The lowest BCUT2D eigenvalue weighted by Crippen LogP contribution is -2.09. The average molecular weight is 160 g/mol. The SMILES string of the molecule is CC/C(F)=C(/F)C(F)(F)F. The van der Waals surface area contributed by atoms with Gasteiger partial charge in [0.25, 0.3) is 0 Å². The molecule has 60 valence electrons. The van der Waals surface area contributed by atoms with Gasteiger partial charge in [-0.05, 0) is 6.42 Å². The standard InChI is InChI=1S/C5H5F5/c1-2-3(6)4(7)5(8,9)10/h2H2,1H3/b4-3-. The first-order valence-electron chi connectivity index (χ1n) is 2.51. The molecule has 0 N–H and O–H groups in total. The molecule has 0 aliphatic rings. The lowest BCUT2D eigenvalue weighted by Gasteiger charge is -2.02. The largest absolute Gasteiger partial charge is 0.445 e. The van der Waals surface area contributed by atoms with Crippen molar-refractivity contribution in [2.75, 3.05) is 0 Å². The van der Waals surface area contributed by atoms with E-state index in [4.69, 9.17) is 0 Å². The third kappa shape index (κ3) is 2.33. The second kappa shape index (κ2) is 2.98. The minimum absolute atomic E-state index is 0.578. The molecule has 0 aromatic rings. The summed E-state index contributed by atoms with van der Waals surface area (Å²) in [6.07, 6.45) is -5.76. The Morgan fingerprint density at radius 1 is 1.20 bits per heavy atom. The van der Waals surface area contributed by atoms with Gasteiger partial charge >= 0.3 is 6.18 Å². The van der Waals surface area contributed by atoms with Gasteiger partial charge in [0.2, 0.25) is 5.83 Å². The summed E-state index contributed by atoms with van der Waals surface area (Å²) in [7, 11) is 0. The minimum atomic E-state index is -5.18. The molecule has 0 nitrogen and oxygen atoms in total. The molecule has 0 rings (SSSR count). The zero-order chi connectivity index (χ0) is 8.36. The Kier molecular flexibility index (Phi) is 2.80. The van der Waals surface area contributed by atoms with Crippen LogP contribution in [0.15, 0.2) is 11.7 Å². The molecule has 0 amide bonds. The van der Waals surface area contributed by atoms with Crippen LogP contribution in [0.3, 0.4) is 0 Å². The van der Waals surface area contributed by atoms with E-state index in [1.54, 1.807) is 0 Å². The van der Waals surface area contributed by atoms with E-state index in [1.807, 2.05) is 0 Å². The van der Waals surface area contributed by atoms with Gasteiger partial charge < -0.3 is 0 Å². The highest BCUT2D eigenvalue weighted by atomic mass is 19.4. The Morgan fingerprint density at radius 3 is 1.70 bits per heavy atom. The Labute approximate surface area is 54.3 Å². The summed E-state index contributed by atoms with van der Waals surface area (Å²) in [6.45, 7) is 1.10. The van der Waals surface area contributed by atoms with E-state index in [2.05, 4.69) is 0 Å². The maximum atomic E-state index is 11.8. The van der Waals surface area contributed by atoms with Gasteiger partial charge in [-0.1, -0.05) is 6.92 Å². The molecule has 0 atom stereocenters. The molecule has 0 aliphatic carbocycles. The van der Waals surface area contributed by atoms with Crippen molar-refractivity contribution in [1.29, 1.82) is 0 Å². The summed E-state index contributed by atoms with van der Waals surface area (Å²) < 4.78 is 57.1. The Hall–Kier alpha value is -0.610. The molecule has 0 saturated carbocycles. The van der Waals surface area contributed by atoms with E-state index in [0.29, 0.717) is 0 Å². The highest BCUT2D eigenvalue weighted by Gasteiger charge is 2.37. The molecule has 0 bridgehead atoms. The summed E-state index contributed by atoms with van der Waals surface area (Å²) in [4.78, 5) is 0. The molecule has 0 spiro atoms. The summed E-state index contributed by atoms with van der Waals surface area (Å²) in [5.74, 6) is -4.39. The van der Waals surface area contributed by atoms with Crippen molar-refractivity contribution in [3.63, 3.8) is 0 Å². The molecule has 0 radical (unpaired) electrons. The smallest absolute Gasteiger partial charge is 0.209 e. The topological polar surface area (TPSA) is 0 Å². The Morgan fingerprint density at radius 2 is 1.60 bits per heavy atom. The molecule has 0 fully saturated rings. The van der Waals surface area contributed by atoms with Crippen LogP contribution in [0.5, 0.6) is 0 Å². The van der Waals surface area contributed by atoms with E-state index in [9.17, 15) is 22.0 Å². The van der Waals surface area contributed by atoms with Gasteiger partial charge in [0.1, 0.15) is 5.83 Å². The van der Waals surface area contributed by atoms with Crippen molar-refractivity contribution in [3.05, 3.63) is 11.7 Å². The third-order valence-corrected chi connectivity index (χ3v) is 0.797. The molecule has 0 saturated heterocycles. The maximum absolute atomic E-state index is 11.8. The molecule has 5 heteroatoms. The zero-order valence-electron chi connectivity index (χ0n) is 5.10. The van der Waals surface area contributed by atoms with Crippen molar-refractivity contribution in [2.24, 2.45) is 0 Å². The summed E-state index contributed by atoms with van der Waals surface area (Å²) in [5, 5.41) is 0. The van der Waals surface area contributed by atoms with Crippen LogP contribution >= 0.6 is 0 Å². The first-order chi connectivity index (χ1) is 4.39. The van der Waals surface area contributed by atoms with Gasteiger partial charge in [-0.2, -0.15) is 17.6 Å². The van der Waals surface area contributed by atoms with Crippen LogP contribution in [-0.2, 0) is 0 Å². The molecule has 0 aromatic heterocycles. The van der Waals surface area contributed by atoms with E-state index in [0.717, 1.165) is 6.92 Å². The van der Waals surface area contributed by atoms with Crippen molar-refractivity contribution in [1.82, 2.24) is 0 Å². The van der Waals surface area contributed by atoms with Crippen LogP contribution in [0, 0.1) is 0 Å². The van der Waals surface area contributed by atoms with Crippen LogP contribution in [0.2, 0.25) is 0 Å². The van der Waals surface area contributed by atoms with Gasteiger partial charge in [0.05, 0.1) is 0 Å². The maximum Gasteiger partial charge on any atom is 0.445 e. The van der Waals surface area contributed by atoms with Crippen LogP contribution in [0.1, 0.15) is 13.3 Å². The highest BCUT2D eigenvalue weighted by molar-refractivity contribution is 5.04. The average Bonchev–Trinajstić information content (AvgIpc) is 1.83. The fourth-order valence-corrected chi connectivity index (χ4v) is 0.309. The van der Waals surface area contributed by atoms with Gasteiger partial charge in [-0.3, -0.25) is 0 Å². The van der Waals surface area contributed by atoms with Crippen molar-refractivity contribution >= 4 is 0 Å². The quantitative estimate of drug-likeness (QED) is 0.517. The Balaban J connectivity index is 4.47. The molecule has 10 heavy (non-hydrogen) atoms. The fraction of sp³-hybridized carbons (Fsp3) is 0.600. The molecular formula is C5H5F5. The second-order valence-corrected chi connectivity index (χ2v) is 1.57. The molecule has 0 aliphatic heterocycles. The number of rotatable bonds is 1. The monoisotopic (exact) mass is 160 g/mol. The predicted octanol–water partition coefficient (Wildman–Crippen LogP) is 3.11. The lowest BCUT2D eigenvalue weighted by atomic mass is 10.3. The van der Waals surface area contributed by atoms with Gasteiger partial charge in [-0.15, -0.1) is 0 Å². The summed E-state index contributed by atoms with van der Waals surface area (Å²) in [6, 6.07) is 0. The highest BCUT2D eigenvalue weighted by Crippen LogP contribution is 2.30. The van der Waals surface area contributed by atoms with E-state index in [-0.39, 0.29) is 0 Å². The number of allylic oxidation sites excluding steroid dienone is 2.